The van der Waals surface area contributed by atoms with Crippen molar-refractivity contribution in [1.82, 2.24) is 0 Å². The summed E-state index contributed by atoms with van der Waals surface area (Å²) in [6, 6.07) is 5.13. The molecule has 0 N–H and O–H groups in total. The molecule has 0 aromatic heterocycles. The number of hydrogen-bond acceptors (Lipinski definition) is 6. The molecule has 0 spiro atoms. The summed E-state index contributed by atoms with van der Waals surface area (Å²) in [6.45, 7) is 1.87. The van der Waals surface area contributed by atoms with Gasteiger partial charge in [0.05, 0.1) is 27.9 Å². The highest BCUT2D eigenvalue weighted by Crippen LogP contribution is 2.40. The van der Waals surface area contributed by atoms with Crippen LogP contribution in [0.2, 0.25) is 0 Å². The van der Waals surface area contributed by atoms with E-state index in [1.807, 2.05) is 6.07 Å². The highest BCUT2D eigenvalue weighted by atomic mass is 16.5. The van der Waals surface area contributed by atoms with Crippen molar-refractivity contribution in [2.24, 2.45) is 0 Å². The van der Waals surface area contributed by atoms with Gasteiger partial charge in [0, 0.05) is 5.56 Å². The van der Waals surface area contributed by atoms with Gasteiger partial charge in [0.1, 0.15) is 11.6 Å². The van der Waals surface area contributed by atoms with Gasteiger partial charge in [0.15, 0.2) is 11.5 Å². The Bertz CT molecular complexity index is 586. The molecular weight excluding hydrogens is 274 g/mol. The van der Waals surface area contributed by atoms with Crippen molar-refractivity contribution in [3.63, 3.8) is 0 Å². The first-order valence-electron chi connectivity index (χ1n) is 6.20. The molecule has 0 aliphatic heterocycles. The molecule has 0 aliphatic carbocycles. The Kier molecular flexibility index (Phi) is 6.08. The van der Waals surface area contributed by atoms with Crippen LogP contribution in [-0.4, -0.2) is 33.9 Å². The lowest BCUT2D eigenvalue weighted by atomic mass is 10.1. The molecule has 0 heterocycles. The van der Waals surface area contributed by atoms with E-state index >= 15 is 0 Å². The van der Waals surface area contributed by atoms with Crippen LogP contribution in [0.25, 0.3) is 6.08 Å². The molecule has 21 heavy (non-hydrogen) atoms. The Labute approximate surface area is 123 Å². The monoisotopic (exact) mass is 291 g/mol. The van der Waals surface area contributed by atoms with Crippen molar-refractivity contribution in [2.75, 3.05) is 27.9 Å². The van der Waals surface area contributed by atoms with E-state index in [0.717, 1.165) is 0 Å². The molecule has 0 radical (unpaired) electrons. The van der Waals surface area contributed by atoms with Crippen LogP contribution >= 0.6 is 0 Å². The molecular formula is C15H17NO5. The summed E-state index contributed by atoms with van der Waals surface area (Å²) in [5.41, 5.74) is 0.391. The minimum Gasteiger partial charge on any atom is -0.493 e. The topological polar surface area (TPSA) is 77.8 Å². The van der Waals surface area contributed by atoms with E-state index in [0.29, 0.717) is 22.8 Å². The molecule has 0 unspecified atom stereocenters. The predicted molar refractivity (Wildman–Crippen MR) is 76.3 cm³/mol. The SMILES string of the molecule is CCOC(=O)/C(C#N)=C/c1ccc(OC)c(OC)c1OC. The normalized spacial score (nSPS) is 10.5. The highest BCUT2D eigenvalue weighted by molar-refractivity contribution is 5.98. The van der Waals surface area contributed by atoms with Gasteiger partial charge in [-0.25, -0.2) is 4.79 Å². The van der Waals surface area contributed by atoms with Crippen LogP contribution in [0.4, 0.5) is 0 Å². The average molecular weight is 291 g/mol. The number of hydrogen-bond donors (Lipinski definition) is 0. The van der Waals surface area contributed by atoms with Crippen LogP contribution in [-0.2, 0) is 9.53 Å². The molecule has 0 saturated carbocycles. The van der Waals surface area contributed by atoms with Crippen LogP contribution in [0, 0.1) is 11.3 Å². The second-order valence-corrected chi connectivity index (χ2v) is 3.81. The number of benzene rings is 1. The fraction of sp³-hybridized carbons (Fsp3) is 0.333. The zero-order valence-corrected chi connectivity index (χ0v) is 12.4. The Balaban J connectivity index is 3.36. The lowest BCUT2D eigenvalue weighted by Crippen LogP contribution is -2.06. The Hall–Kier alpha value is -2.68. The molecule has 0 bridgehead atoms. The molecule has 0 saturated heterocycles. The van der Waals surface area contributed by atoms with Crippen molar-refractivity contribution in [3.8, 4) is 23.3 Å². The number of nitriles is 1. The number of esters is 1. The highest BCUT2D eigenvalue weighted by Gasteiger charge is 2.17. The Morgan fingerprint density at radius 1 is 1.19 bits per heavy atom. The van der Waals surface area contributed by atoms with E-state index in [2.05, 4.69) is 0 Å². The summed E-state index contributed by atoms with van der Waals surface area (Å²) in [6.07, 6.45) is 1.39. The van der Waals surface area contributed by atoms with Crippen LogP contribution in [0.15, 0.2) is 17.7 Å². The lowest BCUT2D eigenvalue weighted by molar-refractivity contribution is -0.137. The Morgan fingerprint density at radius 2 is 1.86 bits per heavy atom. The number of rotatable bonds is 6. The first-order chi connectivity index (χ1) is 10.1. The maximum atomic E-state index is 11.6. The second-order valence-electron chi connectivity index (χ2n) is 3.81. The predicted octanol–water partition coefficient (Wildman–Crippen LogP) is 2.18. The van der Waals surface area contributed by atoms with Crippen LogP contribution in [0.1, 0.15) is 12.5 Å². The summed E-state index contributed by atoms with van der Waals surface area (Å²) >= 11 is 0. The number of nitrogens with zero attached hydrogens (tertiary/aromatic N) is 1. The molecule has 1 aromatic rings. The largest absolute Gasteiger partial charge is 0.493 e. The zero-order chi connectivity index (χ0) is 15.8. The third kappa shape index (κ3) is 3.66. The van der Waals surface area contributed by atoms with Gasteiger partial charge in [0.2, 0.25) is 5.75 Å². The standard InChI is InChI=1S/C15H17NO5/c1-5-21-15(17)11(9-16)8-10-6-7-12(18-2)14(20-4)13(10)19-3/h6-8H,5H2,1-4H3/b11-8+. The third-order valence-corrected chi connectivity index (χ3v) is 2.65. The van der Waals surface area contributed by atoms with Crippen LogP contribution in [0.5, 0.6) is 17.2 Å². The Morgan fingerprint density at radius 3 is 2.33 bits per heavy atom. The summed E-state index contributed by atoms with van der Waals surface area (Å²) in [4.78, 5) is 11.6. The van der Waals surface area contributed by atoms with E-state index in [-0.39, 0.29) is 12.2 Å². The van der Waals surface area contributed by atoms with Gasteiger partial charge >= 0.3 is 5.97 Å². The fourth-order valence-corrected chi connectivity index (χ4v) is 1.74. The summed E-state index contributed by atoms with van der Waals surface area (Å²) in [5.74, 6) is 0.557. The molecule has 0 atom stereocenters. The maximum absolute atomic E-state index is 11.6. The number of carbonyl (C=O) groups is 1. The fourth-order valence-electron chi connectivity index (χ4n) is 1.74. The van der Waals surface area contributed by atoms with Gasteiger partial charge in [-0.1, -0.05) is 0 Å². The van der Waals surface area contributed by atoms with E-state index in [9.17, 15) is 4.79 Å². The summed E-state index contributed by atoms with van der Waals surface area (Å²) in [5, 5.41) is 9.06. The average Bonchev–Trinajstić information content (AvgIpc) is 2.51. The minimum absolute atomic E-state index is 0.123. The van der Waals surface area contributed by atoms with Crippen molar-refractivity contribution < 1.29 is 23.7 Å². The number of carbonyl (C=O) groups excluding carboxylic acids is 1. The van der Waals surface area contributed by atoms with Crippen molar-refractivity contribution in [3.05, 3.63) is 23.3 Å². The quantitative estimate of drug-likeness (QED) is 0.454. The number of ether oxygens (including phenoxy) is 4. The molecule has 6 heteroatoms. The van der Waals surface area contributed by atoms with Gasteiger partial charge < -0.3 is 18.9 Å². The molecule has 6 nitrogen and oxygen atoms in total. The van der Waals surface area contributed by atoms with Gasteiger partial charge in [-0.05, 0) is 25.1 Å². The van der Waals surface area contributed by atoms with E-state index < -0.39 is 5.97 Å². The van der Waals surface area contributed by atoms with Gasteiger partial charge in [-0.2, -0.15) is 5.26 Å². The van der Waals surface area contributed by atoms with Gasteiger partial charge in [-0.3, -0.25) is 0 Å². The molecule has 0 aliphatic rings. The van der Waals surface area contributed by atoms with Crippen molar-refractivity contribution in [2.45, 2.75) is 6.92 Å². The molecule has 0 fully saturated rings. The van der Waals surface area contributed by atoms with Crippen LogP contribution in [0.3, 0.4) is 0 Å². The van der Waals surface area contributed by atoms with E-state index in [1.54, 1.807) is 19.1 Å². The molecule has 1 rings (SSSR count). The smallest absolute Gasteiger partial charge is 0.348 e. The maximum Gasteiger partial charge on any atom is 0.348 e. The zero-order valence-electron chi connectivity index (χ0n) is 12.4. The first-order valence-corrected chi connectivity index (χ1v) is 6.20. The van der Waals surface area contributed by atoms with Gasteiger partial charge in [0.25, 0.3) is 0 Å². The first kappa shape index (κ1) is 16.4. The van der Waals surface area contributed by atoms with E-state index in [4.69, 9.17) is 24.2 Å². The van der Waals surface area contributed by atoms with Crippen molar-refractivity contribution in [1.29, 1.82) is 5.26 Å². The summed E-state index contributed by atoms with van der Waals surface area (Å²) < 4.78 is 20.5. The third-order valence-electron chi connectivity index (χ3n) is 2.65. The van der Waals surface area contributed by atoms with Crippen LogP contribution < -0.4 is 14.2 Å². The second kappa shape index (κ2) is 7.80. The number of methoxy groups -OCH3 is 3. The molecule has 112 valence electrons. The lowest BCUT2D eigenvalue weighted by Gasteiger charge is -2.14. The van der Waals surface area contributed by atoms with E-state index in [1.165, 1.54) is 27.4 Å². The molecule has 1 aromatic carbocycles. The summed E-state index contributed by atoms with van der Waals surface area (Å²) in [7, 11) is 4.45. The minimum atomic E-state index is -0.683. The van der Waals surface area contributed by atoms with Crippen molar-refractivity contribution >= 4 is 12.0 Å². The van der Waals surface area contributed by atoms with Gasteiger partial charge in [-0.15, -0.1) is 0 Å². The molecule has 0 amide bonds.